The average Bonchev–Trinajstić information content (AvgIpc) is 3.00. The summed E-state index contributed by atoms with van der Waals surface area (Å²) in [6.07, 6.45) is 1.68. The van der Waals surface area contributed by atoms with Crippen LogP contribution >= 0.6 is 11.6 Å². The molecule has 0 radical (unpaired) electrons. The van der Waals surface area contributed by atoms with E-state index in [1.54, 1.807) is 37.1 Å². The van der Waals surface area contributed by atoms with E-state index in [2.05, 4.69) is 15.4 Å². The third-order valence-electron chi connectivity index (χ3n) is 3.25. The van der Waals surface area contributed by atoms with Crippen molar-refractivity contribution in [3.8, 4) is 11.5 Å². The first-order valence-electron chi connectivity index (χ1n) is 6.66. The number of benzene rings is 1. The molecule has 0 aliphatic heterocycles. The van der Waals surface area contributed by atoms with Crippen LogP contribution in [0.4, 0.5) is 5.82 Å². The minimum atomic E-state index is 0.419. The Bertz CT molecular complexity index is 803. The summed E-state index contributed by atoms with van der Waals surface area (Å²) < 4.78 is 12.2. The van der Waals surface area contributed by atoms with Crippen molar-refractivity contribution in [1.29, 1.82) is 0 Å². The summed E-state index contributed by atoms with van der Waals surface area (Å²) in [6, 6.07) is 9.31. The van der Waals surface area contributed by atoms with Crippen LogP contribution in [-0.4, -0.2) is 28.8 Å². The SMILES string of the molecule is COc1ccc(CNc2cc(Cl)nc3ccnn23)cc1OC. The normalized spacial score (nSPS) is 10.7. The van der Waals surface area contributed by atoms with Crippen LogP contribution in [0.3, 0.4) is 0 Å². The van der Waals surface area contributed by atoms with Crippen molar-refractivity contribution in [2.24, 2.45) is 0 Å². The molecule has 0 aliphatic carbocycles. The zero-order chi connectivity index (χ0) is 15.5. The first-order valence-corrected chi connectivity index (χ1v) is 7.04. The fourth-order valence-corrected chi connectivity index (χ4v) is 2.38. The zero-order valence-electron chi connectivity index (χ0n) is 12.2. The molecule has 6 nitrogen and oxygen atoms in total. The number of nitrogens with zero attached hydrogens (tertiary/aromatic N) is 3. The molecule has 22 heavy (non-hydrogen) atoms. The van der Waals surface area contributed by atoms with E-state index in [0.29, 0.717) is 28.8 Å². The molecule has 1 aromatic carbocycles. The van der Waals surface area contributed by atoms with Crippen LogP contribution in [0.25, 0.3) is 5.65 Å². The highest BCUT2D eigenvalue weighted by atomic mass is 35.5. The molecule has 0 unspecified atom stereocenters. The molecule has 0 bridgehead atoms. The van der Waals surface area contributed by atoms with Crippen LogP contribution in [0.2, 0.25) is 5.15 Å². The molecular weight excluding hydrogens is 304 g/mol. The number of fused-ring (bicyclic) bond motifs is 1. The van der Waals surface area contributed by atoms with E-state index < -0.39 is 0 Å². The molecule has 0 saturated heterocycles. The predicted octanol–water partition coefficient (Wildman–Crippen LogP) is 3.01. The van der Waals surface area contributed by atoms with Crippen LogP contribution in [0.15, 0.2) is 36.5 Å². The van der Waals surface area contributed by atoms with Crippen molar-refractivity contribution >= 4 is 23.1 Å². The maximum Gasteiger partial charge on any atom is 0.161 e. The summed E-state index contributed by atoms with van der Waals surface area (Å²) in [5.74, 6) is 2.17. The number of anilines is 1. The first kappa shape index (κ1) is 14.5. The van der Waals surface area contributed by atoms with Crippen molar-refractivity contribution in [3.63, 3.8) is 0 Å². The molecule has 0 amide bonds. The second-order valence-electron chi connectivity index (χ2n) is 4.61. The fourth-order valence-electron chi connectivity index (χ4n) is 2.19. The number of ether oxygens (including phenoxy) is 2. The lowest BCUT2D eigenvalue weighted by Gasteiger charge is -2.11. The lowest BCUT2D eigenvalue weighted by atomic mass is 10.2. The van der Waals surface area contributed by atoms with E-state index in [1.807, 2.05) is 18.2 Å². The Morgan fingerprint density at radius 2 is 1.95 bits per heavy atom. The van der Waals surface area contributed by atoms with Crippen molar-refractivity contribution in [3.05, 3.63) is 47.2 Å². The van der Waals surface area contributed by atoms with Gasteiger partial charge in [0.25, 0.3) is 0 Å². The minimum Gasteiger partial charge on any atom is -0.493 e. The van der Waals surface area contributed by atoms with Gasteiger partial charge in [-0.05, 0) is 17.7 Å². The fraction of sp³-hybridized carbons (Fsp3) is 0.200. The zero-order valence-corrected chi connectivity index (χ0v) is 13.0. The van der Waals surface area contributed by atoms with Crippen LogP contribution in [0.1, 0.15) is 5.56 Å². The molecule has 7 heteroatoms. The Morgan fingerprint density at radius 1 is 1.14 bits per heavy atom. The molecule has 1 N–H and O–H groups in total. The third kappa shape index (κ3) is 2.78. The lowest BCUT2D eigenvalue weighted by Crippen LogP contribution is -2.06. The van der Waals surface area contributed by atoms with E-state index in [-0.39, 0.29) is 0 Å². The van der Waals surface area contributed by atoms with Crippen LogP contribution in [0, 0.1) is 0 Å². The van der Waals surface area contributed by atoms with Gasteiger partial charge in [-0.15, -0.1) is 0 Å². The Kier molecular flexibility index (Phi) is 4.02. The van der Waals surface area contributed by atoms with Crippen molar-refractivity contribution in [1.82, 2.24) is 14.6 Å². The molecule has 3 aromatic rings. The standard InChI is InChI=1S/C15H15ClN4O2/c1-21-11-4-3-10(7-12(11)22-2)9-17-15-8-13(16)19-14-5-6-18-20(14)15/h3-8,17H,9H2,1-2H3. The lowest BCUT2D eigenvalue weighted by molar-refractivity contribution is 0.354. The smallest absolute Gasteiger partial charge is 0.161 e. The Labute approximate surface area is 132 Å². The highest BCUT2D eigenvalue weighted by Gasteiger charge is 2.07. The molecule has 2 aromatic heterocycles. The van der Waals surface area contributed by atoms with Gasteiger partial charge in [-0.25, -0.2) is 4.98 Å². The number of hydrogen-bond acceptors (Lipinski definition) is 5. The van der Waals surface area contributed by atoms with E-state index >= 15 is 0 Å². The van der Waals surface area contributed by atoms with Gasteiger partial charge in [-0.1, -0.05) is 17.7 Å². The van der Waals surface area contributed by atoms with E-state index in [9.17, 15) is 0 Å². The molecular formula is C15H15ClN4O2. The molecule has 0 atom stereocenters. The Morgan fingerprint density at radius 3 is 2.73 bits per heavy atom. The number of methoxy groups -OCH3 is 2. The molecule has 0 aliphatic rings. The van der Waals surface area contributed by atoms with Crippen molar-refractivity contribution < 1.29 is 9.47 Å². The van der Waals surface area contributed by atoms with Crippen LogP contribution < -0.4 is 14.8 Å². The van der Waals surface area contributed by atoms with E-state index in [4.69, 9.17) is 21.1 Å². The molecule has 0 fully saturated rings. The van der Waals surface area contributed by atoms with Gasteiger partial charge < -0.3 is 14.8 Å². The summed E-state index contributed by atoms with van der Waals surface area (Å²) in [4.78, 5) is 4.19. The largest absolute Gasteiger partial charge is 0.493 e. The predicted molar refractivity (Wildman–Crippen MR) is 84.9 cm³/mol. The summed E-state index contributed by atoms with van der Waals surface area (Å²) in [5.41, 5.74) is 1.74. The second-order valence-corrected chi connectivity index (χ2v) is 5.00. The van der Waals surface area contributed by atoms with Gasteiger partial charge in [0.2, 0.25) is 0 Å². The molecule has 3 rings (SSSR count). The number of halogens is 1. The van der Waals surface area contributed by atoms with E-state index in [0.717, 1.165) is 11.4 Å². The number of rotatable bonds is 5. The maximum absolute atomic E-state index is 6.02. The monoisotopic (exact) mass is 318 g/mol. The second kappa shape index (κ2) is 6.11. The molecule has 114 valence electrons. The maximum atomic E-state index is 6.02. The van der Waals surface area contributed by atoms with Gasteiger partial charge in [0.1, 0.15) is 11.0 Å². The Balaban J connectivity index is 1.83. The number of hydrogen-bond donors (Lipinski definition) is 1. The summed E-state index contributed by atoms with van der Waals surface area (Å²) >= 11 is 6.02. The van der Waals surface area contributed by atoms with Crippen molar-refractivity contribution in [2.75, 3.05) is 19.5 Å². The summed E-state index contributed by atoms with van der Waals surface area (Å²) in [5, 5.41) is 7.94. The summed E-state index contributed by atoms with van der Waals surface area (Å²) in [6.45, 7) is 0.593. The number of aromatic nitrogens is 3. The van der Waals surface area contributed by atoms with Gasteiger partial charge in [0.05, 0.1) is 20.4 Å². The quantitative estimate of drug-likeness (QED) is 0.733. The van der Waals surface area contributed by atoms with Crippen LogP contribution in [-0.2, 0) is 6.54 Å². The minimum absolute atomic E-state index is 0.419. The number of nitrogens with one attached hydrogen (secondary N) is 1. The summed E-state index contributed by atoms with van der Waals surface area (Å²) in [7, 11) is 3.23. The topological polar surface area (TPSA) is 60.7 Å². The third-order valence-corrected chi connectivity index (χ3v) is 3.44. The van der Waals surface area contributed by atoms with Gasteiger partial charge in [0, 0.05) is 18.7 Å². The molecule has 0 saturated carbocycles. The van der Waals surface area contributed by atoms with Gasteiger partial charge in [0.15, 0.2) is 17.1 Å². The highest BCUT2D eigenvalue weighted by molar-refractivity contribution is 6.29. The van der Waals surface area contributed by atoms with Gasteiger partial charge in [-0.3, -0.25) is 0 Å². The van der Waals surface area contributed by atoms with Crippen molar-refractivity contribution in [2.45, 2.75) is 6.54 Å². The molecule has 0 spiro atoms. The van der Waals surface area contributed by atoms with Gasteiger partial charge in [-0.2, -0.15) is 9.61 Å². The van der Waals surface area contributed by atoms with Gasteiger partial charge >= 0.3 is 0 Å². The highest BCUT2D eigenvalue weighted by Crippen LogP contribution is 2.28. The average molecular weight is 319 g/mol. The first-order chi connectivity index (χ1) is 10.7. The molecule has 2 heterocycles. The Hall–Kier alpha value is -2.47. The van der Waals surface area contributed by atoms with E-state index in [1.165, 1.54) is 0 Å². The van der Waals surface area contributed by atoms with Crippen LogP contribution in [0.5, 0.6) is 11.5 Å².